The molecule has 0 aliphatic carbocycles. The number of sulfonamides is 1. The summed E-state index contributed by atoms with van der Waals surface area (Å²) in [5, 5.41) is 0.968. The Bertz CT molecular complexity index is 1090. The van der Waals surface area contributed by atoms with Gasteiger partial charge in [0.15, 0.2) is 0 Å². The predicted octanol–water partition coefficient (Wildman–Crippen LogP) is 4.98. The van der Waals surface area contributed by atoms with Gasteiger partial charge in [-0.3, -0.25) is 15.1 Å². The monoisotopic (exact) mass is 569 g/mol. The van der Waals surface area contributed by atoms with Crippen molar-refractivity contribution in [2.45, 2.75) is 28.9 Å². The van der Waals surface area contributed by atoms with Crippen molar-refractivity contribution in [3.8, 4) is 0 Å². The predicted molar refractivity (Wildman–Crippen MR) is 136 cm³/mol. The number of piperidine rings is 3. The molecule has 3 aliphatic heterocycles. The molecular formula is C21H23Cl4N3O3S2. The van der Waals surface area contributed by atoms with Crippen LogP contribution in [0.1, 0.15) is 18.4 Å². The van der Waals surface area contributed by atoms with Crippen LogP contribution in [0.25, 0.3) is 0 Å². The molecule has 0 radical (unpaired) electrons. The van der Waals surface area contributed by atoms with Crippen molar-refractivity contribution in [2.75, 3.05) is 13.1 Å². The number of hydrazine groups is 1. The van der Waals surface area contributed by atoms with Gasteiger partial charge in [0.05, 0.1) is 16.3 Å². The summed E-state index contributed by atoms with van der Waals surface area (Å²) in [6.45, 7) is 1.89. The topological polar surface area (TPSA) is 78.5 Å². The van der Waals surface area contributed by atoms with E-state index in [2.05, 4.69) is 15.2 Å². The van der Waals surface area contributed by atoms with Crippen molar-refractivity contribution >= 4 is 74.9 Å². The largest absolute Gasteiger partial charge is 0.291 e. The van der Waals surface area contributed by atoms with Crippen molar-refractivity contribution in [3.05, 3.63) is 63.1 Å². The number of carbonyl (C=O) groups is 1. The second kappa shape index (κ2) is 11.4. The van der Waals surface area contributed by atoms with E-state index in [-0.39, 0.29) is 45.4 Å². The minimum Gasteiger partial charge on any atom is -0.291 e. The first kappa shape index (κ1) is 26.9. The highest BCUT2D eigenvalue weighted by Crippen LogP contribution is 2.42. The highest BCUT2D eigenvalue weighted by molar-refractivity contribution is 7.99. The molecule has 33 heavy (non-hydrogen) atoms. The lowest BCUT2D eigenvalue weighted by Gasteiger charge is -2.49. The number of nitrogens with one attached hydrogen (secondary N) is 2. The minimum absolute atomic E-state index is 0. The molecule has 3 heterocycles. The molecule has 0 aromatic heterocycles. The fourth-order valence-corrected chi connectivity index (χ4v) is 7.53. The van der Waals surface area contributed by atoms with E-state index in [1.807, 2.05) is 24.3 Å². The van der Waals surface area contributed by atoms with Crippen molar-refractivity contribution in [3.63, 3.8) is 0 Å². The van der Waals surface area contributed by atoms with Crippen molar-refractivity contribution in [1.29, 1.82) is 0 Å². The maximum absolute atomic E-state index is 13.1. The van der Waals surface area contributed by atoms with Crippen LogP contribution in [0.4, 0.5) is 0 Å². The third kappa shape index (κ3) is 6.30. The Morgan fingerprint density at radius 1 is 1.03 bits per heavy atom. The van der Waals surface area contributed by atoms with Crippen LogP contribution in [0.2, 0.25) is 15.1 Å². The lowest BCUT2D eigenvalue weighted by Crippen LogP contribution is -2.59. The number of amides is 1. The smallest absolute Gasteiger partial charge is 0.258 e. The molecule has 0 spiro atoms. The quantitative estimate of drug-likeness (QED) is 0.459. The summed E-state index contributed by atoms with van der Waals surface area (Å²) in [6, 6.07) is 11.7. The van der Waals surface area contributed by atoms with Crippen molar-refractivity contribution in [1.82, 2.24) is 15.2 Å². The van der Waals surface area contributed by atoms with Gasteiger partial charge in [0.2, 0.25) is 5.91 Å². The number of hydrogen-bond donors (Lipinski definition) is 2. The number of fused-ring (bicyclic) bond motifs is 3. The minimum atomic E-state index is -4.04. The van der Waals surface area contributed by atoms with E-state index in [0.29, 0.717) is 10.0 Å². The van der Waals surface area contributed by atoms with Crippen molar-refractivity contribution < 1.29 is 13.2 Å². The fraction of sp³-hybridized carbons (Fsp3) is 0.381. The number of thioether (sulfide) groups is 1. The summed E-state index contributed by atoms with van der Waals surface area (Å²) >= 11 is 19.5. The maximum Gasteiger partial charge on any atom is 0.258 e. The van der Waals surface area contributed by atoms with Crippen LogP contribution in [-0.2, 0) is 20.6 Å². The van der Waals surface area contributed by atoms with E-state index in [1.54, 1.807) is 11.8 Å². The molecule has 6 nitrogen and oxygen atoms in total. The van der Waals surface area contributed by atoms with Gasteiger partial charge >= 0.3 is 0 Å². The fourth-order valence-electron chi connectivity index (χ4n) is 4.26. The first-order valence-electron chi connectivity index (χ1n) is 10.1. The average Bonchev–Trinajstić information content (AvgIpc) is 2.77. The number of nitrogens with zero attached hydrogens (tertiary/aromatic N) is 1. The molecule has 0 saturated carbocycles. The molecule has 1 amide bonds. The Morgan fingerprint density at radius 2 is 1.67 bits per heavy atom. The molecule has 12 heteroatoms. The molecule has 2 atom stereocenters. The van der Waals surface area contributed by atoms with Crippen LogP contribution in [-0.4, -0.2) is 37.7 Å². The summed E-state index contributed by atoms with van der Waals surface area (Å²) in [5.74, 6) is 0.298. The number of carbonyl (C=O) groups excluding carboxylic acids is 1. The third-order valence-electron chi connectivity index (χ3n) is 5.88. The molecule has 2 N–H and O–H groups in total. The first-order valence-corrected chi connectivity index (χ1v) is 13.8. The van der Waals surface area contributed by atoms with Gasteiger partial charge in [-0.15, -0.1) is 29.0 Å². The van der Waals surface area contributed by atoms with Crippen LogP contribution >= 0.6 is 59.0 Å². The molecule has 180 valence electrons. The van der Waals surface area contributed by atoms with Gasteiger partial charge in [0.1, 0.15) is 4.90 Å². The van der Waals surface area contributed by atoms with E-state index in [9.17, 15) is 13.2 Å². The number of rotatable bonds is 7. The molecule has 3 aliphatic rings. The Labute approximate surface area is 219 Å². The van der Waals surface area contributed by atoms with Gasteiger partial charge < -0.3 is 0 Å². The first-order chi connectivity index (χ1) is 15.2. The Balaban J connectivity index is 0.00000306. The number of benzene rings is 2. The highest BCUT2D eigenvalue weighted by atomic mass is 35.5. The van der Waals surface area contributed by atoms with Crippen molar-refractivity contribution in [2.24, 2.45) is 11.8 Å². The summed E-state index contributed by atoms with van der Waals surface area (Å²) in [6.07, 6.45) is 1.84. The second-order valence-corrected chi connectivity index (χ2v) is 11.9. The van der Waals surface area contributed by atoms with Crippen LogP contribution in [0.5, 0.6) is 0 Å². The van der Waals surface area contributed by atoms with E-state index in [0.717, 1.165) is 37.2 Å². The molecule has 3 saturated heterocycles. The zero-order chi connectivity index (χ0) is 22.9. The van der Waals surface area contributed by atoms with Gasteiger partial charge in [-0.2, -0.15) is 0 Å². The summed E-state index contributed by atoms with van der Waals surface area (Å²) < 4.78 is 25.3. The molecular weight excluding hydrogens is 548 g/mol. The average molecular weight is 571 g/mol. The van der Waals surface area contributed by atoms with Crippen LogP contribution in [0, 0.1) is 11.8 Å². The zero-order valence-electron chi connectivity index (χ0n) is 17.3. The van der Waals surface area contributed by atoms with Gasteiger partial charge in [-0.05, 0) is 67.7 Å². The van der Waals surface area contributed by atoms with E-state index in [1.165, 1.54) is 18.2 Å². The Hall–Kier alpha value is -0.710. The lowest BCUT2D eigenvalue weighted by molar-refractivity contribution is -0.132. The Morgan fingerprint density at radius 3 is 2.30 bits per heavy atom. The molecule has 2 aromatic rings. The van der Waals surface area contributed by atoms with Gasteiger partial charge in [-0.25, -0.2) is 8.42 Å². The maximum atomic E-state index is 13.1. The molecule has 2 unspecified atom stereocenters. The van der Waals surface area contributed by atoms with Gasteiger partial charge in [0.25, 0.3) is 10.0 Å². The van der Waals surface area contributed by atoms with E-state index < -0.39 is 10.0 Å². The number of hydrogen-bond acceptors (Lipinski definition) is 5. The van der Waals surface area contributed by atoms with Gasteiger partial charge in [0, 0.05) is 15.8 Å². The Kier molecular flexibility index (Phi) is 9.25. The summed E-state index contributed by atoms with van der Waals surface area (Å²) in [7, 11) is -4.04. The van der Waals surface area contributed by atoms with Crippen LogP contribution in [0.3, 0.4) is 0 Å². The van der Waals surface area contributed by atoms with E-state index >= 15 is 0 Å². The SMILES string of the molecule is Cl.O=C(NNS(=O)(=O)c1ccc(Cl)cc1Cl)C1C2CCN(CC2)C1SCc1ccc(Cl)cc1. The lowest BCUT2D eigenvalue weighted by atomic mass is 9.78. The molecule has 5 rings (SSSR count). The molecule has 3 fully saturated rings. The molecule has 2 bridgehead atoms. The van der Waals surface area contributed by atoms with Crippen LogP contribution < -0.4 is 10.3 Å². The normalized spacial score (nSPS) is 24.2. The number of halogens is 4. The highest BCUT2D eigenvalue weighted by Gasteiger charge is 2.46. The zero-order valence-corrected chi connectivity index (χ0v) is 22.1. The summed E-state index contributed by atoms with van der Waals surface area (Å²) in [4.78, 5) is 17.5. The van der Waals surface area contributed by atoms with Gasteiger partial charge in [-0.1, -0.05) is 46.9 Å². The second-order valence-electron chi connectivity index (χ2n) is 7.90. The molecule has 2 aromatic carbocycles. The summed E-state index contributed by atoms with van der Waals surface area (Å²) in [5.41, 5.74) is 3.55. The van der Waals surface area contributed by atoms with E-state index in [4.69, 9.17) is 34.8 Å². The van der Waals surface area contributed by atoms with Crippen LogP contribution in [0.15, 0.2) is 47.4 Å². The standard InChI is InChI=1S/C21H22Cl3N3O3S2.ClH/c22-15-3-1-13(2-4-15)12-31-21-19(14-7-9-27(21)10-8-14)20(28)25-26-32(29,30)18-6-5-16(23)11-17(18)24;/h1-6,11,14,19,21,26H,7-10,12H2,(H,25,28);1H. The third-order valence-corrected chi connectivity index (χ3v) is 9.53.